The second kappa shape index (κ2) is 4.31. The van der Waals surface area contributed by atoms with Crippen LogP contribution in [0.1, 0.15) is 6.92 Å². The second-order valence-corrected chi connectivity index (χ2v) is 4.77. The minimum atomic E-state index is -0.953. The zero-order valence-electron chi connectivity index (χ0n) is 6.80. The molecule has 0 spiro atoms. The third-order valence-electron chi connectivity index (χ3n) is 1.05. The van der Waals surface area contributed by atoms with E-state index in [0.717, 1.165) is 0 Å². The van der Waals surface area contributed by atoms with Crippen LogP contribution in [0.25, 0.3) is 0 Å². The highest BCUT2D eigenvalue weighted by atomic mass is 35.5. The van der Waals surface area contributed by atoms with Gasteiger partial charge in [0.15, 0.2) is 0 Å². The van der Waals surface area contributed by atoms with E-state index >= 15 is 0 Å². The number of aromatic nitrogens is 2. The molecule has 0 radical (unpaired) electrons. The lowest BCUT2D eigenvalue weighted by molar-refractivity contribution is 0.284. The first kappa shape index (κ1) is 10.8. The normalized spacial score (nSPS) is 11.4. The Balaban J connectivity index is 2.55. The van der Waals surface area contributed by atoms with Gasteiger partial charge in [-0.2, -0.15) is 4.98 Å². The smallest absolute Gasteiger partial charge is 0.317 e. The first-order chi connectivity index (χ1) is 5.97. The molecule has 0 saturated carbocycles. The topological polar surface area (TPSA) is 35.0 Å². The highest BCUT2D eigenvalue weighted by Crippen LogP contribution is 2.20. The van der Waals surface area contributed by atoms with Gasteiger partial charge in [-0.3, -0.25) is 0 Å². The zero-order valence-corrected chi connectivity index (χ0v) is 9.07. The molecule has 1 aromatic rings. The Bertz CT molecular complexity index is 287. The standard InChI is InChI=1S/C7H7Cl3N2O/c1-7(9,10)4-13-6-11-3-2-5(8)12-6/h2-3H,4H2,1H3. The number of nitrogens with zero attached hydrogens (tertiary/aromatic N) is 2. The van der Waals surface area contributed by atoms with Gasteiger partial charge in [0.05, 0.1) is 0 Å². The van der Waals surface area contributed by atoms with Crippen LogP contribution in [-0.2, 0) is 0 Å². The van der Waals surface area contributed by atoms with Crippen LogP contribution in [0.4, 0.5) is 0 Å². The van der Waals surface area contributed by atoms with Crippen molar-refractivity contribution in [2.75, 3.05) is 6.61 Å². The molecule has 1 heterocycles. The monoisotopic (exact) mass is 240 g/mol. The molecule has 0 aliphatic carbocycles. The average Bonchev–Trinajstić information content (AvgIpc) is 2.00. The van der Waals surface area contributed by atoms with Crippen LogP contribution in [0, 0.1) is 0 Å². The van der Waals surface area contributed by atoms with Crippen molar-refractivity contribution in [1.29, 1.82) is 0 Å². The number of hydrogen-bond donors (Lipinski definition) is 0. The Morgan fingerprint density at radius 3 is 2.77 bits per heavy atom. The van der Waals surface area contributed by atoms with Gasteiger partial charge in [-0.05, 0) is 13.0 Å². The summed E-state index contributed by atoms with van der Waals surface area (Å²) in [5.74, 6) is 0. The van der Waals surface area contributed by atoms with E-state index in [1.165, 1.54) is 6.20 Å². The fourth-order valence-electron chi connectivity index (χ4n) is 0.581. The Hall–Kier alpha value is -0.250. The number of alkyl halides is 2. The highest BCUT2D eigenvalue weighted by Gasteiger charge is 2.17. The summed E-state index contributed by atoms with van der Waals surface area (Å²) in [4.78, 5) is 7.60. The lowest BCUT2D eigenvalue weighted by Gasteiger charge is -2.12. The summed E-state index contributed by atoms with van der Waals surface area (Å²) >= 11 is 16.9. The molecule has 6 heteroatoms. The SMILES string of the molecule is CC(Cl)(Cl)COc1nccc(Cl)n1. The fraction of sp³-hybridized carbons (Fsp3) is 0.429. The van der Waals surface area contributed by atoms with Gasteiger partial charge < -0.3 is 4.74 Å². The van der Waals surface area contributed by atoms with Crippen molar-refractivity contribution in [3.8, 4) is 6.01 Å². The van der Waals surface area contributed by atoms with Gasteiger partial charge in [0.25, 0.3) is 0 Å². The fourth-order valence-corrected chi connectivity index (χ4v) is 0.819. The first-order valence-corrected chi connectivity index (χ1v) is 4.60. The third kappa shape index (κ3) is 4.50. The van der Waals surface area contributed by atoms with E-state index in [4.69, 9.17) is 39.5 Å². The highest BCUT2D eigenvalue weighted by molar-refractivity contribution is 6.48. The molecule has 0 aromatic carbocycles. The molecule has 3 nitrogen and oxygen atoms in total. The van der Waals surface area contributed by atoms with Crippen LogP contribution in [0.2, 0.25) is 5.15 Å². The molecule has 72 valence electrons. The molecule has 0 N–H and O–H groups in total. The molecule has 0 unspecified atom stereocenters. The van der Waals surface area contributed by atoms with Crippen molar-refractivity contribution < 1.29 is 4.74 Å². The zero-order chi connectivity index (χ0) is 9.90. The van der Waals surface area contributed by atoms with Crippen LogP contribution in [0.15, 0.2) is 12.3 Å². The Kier molecular flexibility index (Phi) is 3.59. The van der Waals surface area contributed by atoms with E-state index in [-0.39, 0.29) is 12.6 Å². The van der Waals surface area contributed by atoms with Crippen molar-refractivity contribution in [3.05, 3.63) is 17.4 Å². The van der Waals surface area contributed by atoms with Crippen molar-refractivity contribution in [2.45, 2.75) is 11.3 Å². The molecule has 0 fully saturated rings. The van der Waals surface area contributed by atoms with Crippen LogP contribution in [0.5, 0.6) is 6.01 Å². The largest absolute Gasteiger partial charge is 0.460 e. The molecule has 0 bridgehead atoms. The quantitative estimate of drug-likeness (QED) is 0.603. The Morgan fingerprint density at radius 1 is 1.54 bits per heavy atom. The van der Waals surface area contributed by atoms with E-state index in [0.29, 0.717) is 5.15 Å². The average molecular weight is 242 g/mol. The van der Waals surface area contributed by atoms with Crippen LogP contribution >= 0.6 is 34.8 Å². The van der Waals surface area contributed by atoms with E-state index < -0.39 is 4.33 Å². The van der Waals surface area contributed by atoms with Gasteiger partial charge in [0.2, 0.25) is 0 Å². The number of rotatable bonds is 3. The molecule has 1 aromatic heterocycles. The summed E-state index contributed by atoms with van der Waals surface area (Å²) in [6, 6.07) is 1.72. The lowest BCUT2D eigenvalue weighted by Crippen LogP contribution is -2.19. The Morgan fingerprint density at radius 2 is 2.23 bits per heavy atom. The van der Waals surface area contributed by atoms with Gasteiger partial charge >= 0.3 is 6.01 Å². The molecule has 0 aliphatic heterocycles. The summed E-state index contributed by atoms with van der Waals surface area (Å²) in [5, 5.41) is 0.316. The van der Waals surface area contributed by atoms with Gasteiger partial charge in [0.1, 0.15) is 16.1 Å². The van der Waals surface area contributed by atoms with Gasteiger partial charge in [-0.1, -0.05) is 34.8 Å². The molecule has 0 atom stereocenters. The van der Waals surface area contributed by atoms with Crippen molar-refractivity contribution >= 4 is 34.8 Å². The molecule has 0 saturated heterocycles. The van der Waals surface area contributed by atoms with Gasteiger partial charge in [-0.15, -0.1) is 0 Å². The predicted octanol–water partition coefficient (Wildman–Crippen LogP) is 2.70. The van der Waals surface area contributed by atoms with Gasteiger partial charge in [-0.25, -0.2) is 4.98 Å². The van der Waals surface area contributed by atoms with E-state index in [9.17, 15) is 0 Å². The minimum Gasteiger partial charge on any atom is -0.460 e. The molecular formula is C7H7Cl3N2O. The maximum Gasteiger partial charge on any atom is 0.317 e. The maximum absolute atomic E-state index is 5.67. The van der Waals surface area contributed by atoms with E-state index in [1.807, 2.05) is 0 Å². The summed E-state index contributed by atoms with van der Waals surface area (Å²) in [6.45, 7) is 1.72. The number of hydrogen-bond acceptors (Lipinski definition) is 3. The van der Waals surface area contributed by atoms with E-state index in [2.05, 4.69) is 9.97 Å². The first-order valence-electron chi connectivity index (χ1n) is 3.46. The second-order valence-electron chi connectivity index (χ2n) is 2.52. The van der Waals surface area contributed by atoms with Crippen molar-refractivity contribution in [1.82, 2.24) is 9.97 Å². The summed E-state index contributed by atoms with van der Waals surface area (Å²) in [7, 11) is 0. The molecule has 0 aliphatic rings. The summed E-state index contributed by atoms with van der Waals surface area (Å²) < 4.78 is 4.13. The van der Waals surface area contributed by atoms with Crippen LogP contribution in [0.3, 0.4) is 0 Å². The maximum atomic E-state index is 5.67. The van der Waals surface area contributed by atoms with Crippen molar-refractivity contribution in [2.24, 2.45) is 0 Å². The summed E-state index contributed by atoms with van der Waals surface area (Å²) in [5.41, 5.74) is 0. The predicted molar refractivity (Wildman–Crippen MR) is 52.6 cm³/mol. The van der Waals surface area contributed by atoms with E-state index in [1.54, 1.807) is 13.0 Å². The van der Waals surface area contributed by atoms with Crippen LogP contribution < -0.4 is 4.74 Å². The molecule has 1 rings (SSSR count). The number of ether oxygens (including phenoxy) is 1. The Labute approximate surface area is 91.0 Å². The molecule has 13 heavy (non-hydrogen) atoms. The van der Waals surface area contributed by atoms with Gasteiger partial charge in [0, 0.05) is 6.20 Å². The lowest BCUT2D eigenvalue weighted by atomic mass is 10.5. The van der Waals surface area contributed by atoms with Crippen LogP contribution in [-0.4, -0.2) is 20.9 Å². The number of halogens is 3. The molecule has 0 amide bonds. The summed E-state index contributed by atoms with van der Waals surface area (Å²) in [6.07, 6.45) is 1.49. The third-order valence-corrected chi connectivity index (χ3v) is 1.48. The van der Waals surface area contributed by atoms with Crippen molar-refractivity contribution in [3.63, 3.8) is 0 Å². The molecular weight excluding hydrogens is 234 g/mol. The minimum absolute atomic E-state index is 0.108.